The lowest BCUT2D eigenvalue weighted by atomic mass is 10.1. The van der Waals surface area contributed by atoms with Crippen LogP contribution in [0.4, 0.5) is 5.69 Å². The maximum Gasteiger partial charge on any atom is 0.255 e. The Morgan fingerprint density at radius 2 is 1.55 bits per heavy atom. The molecule has 0 fully saturated rings. The van der Waals surface area contributed by atoms with Crippen molar-refractivity contribution in [3.05, 3.63) is 95.1 Å². The molecule has 29 heavy (non-hydrogen) atoms. The summed E-state index contributed by atoms with van der Waals surface area (Å²) in [6, 6.07) is 22.0. The molecular weight excluding hydrogens is 364 g/mol. The zero-order valence-electron chi connectivity index (χ0n) is 16.6. The number of anilines is 1. The van der Waals surface area contributed by atoms with E-state index in [1.165, 1.54) is 0 Å². The summed E-state index contributed by atoms with van der Waals surface area (Å²) in [7, 11) is 1.63. The van der Waals surface area contributed by atoms with Crippen LogP contribution in [0, 0.1) is 6.92 Å². The fourth-order valence-electron chi connectivity index (χ4n) is 2.93. The number of benzene rings is 3. The number of methoxy groups -OCH3 is 1. The minimum Gasteiger partial charge on any atom is -0.497 e. The molecule has 0 aliphatic heterocycles. The summed E-state index contributed by atoms with van der Waals surface area (Å²) < 4.78 is 5.21. The smallest absolute Gasteiger partial charge is 0.255 e. The molecule has 0 spiro atoms. The molecule has 0 saturated heterocycles. The number of rotatable bonds is 7. The molecule has 5 nitrogen and oxygen atoms in total. The summed E-state index contributed by atoms with van der Waals surface area (Å²) in [5.41, 5.74) is 3.88. The first-order valence-electron chi connectivity index (χ1n) is 9.45. The van der Waals surface area contributed by atoms with Gasteiger partial charge in [-0.05, 0) is 66.9 Å². The Bertz CT molecular complexity index is 997. The maximum atomic E-state index is 12.4. The van der Waals surface area contributed by atoms with Gasteiger partial charge < -0.3 is 15.4 Å². The summed E-state index contributed by atoms with van der Waals surface area (Å²) in [5.74, 6) is 0.427. The molecule has 2 amide bonds. The van der Waals surface area contributed by atoms with Gasteiger partial charge in [0, 0.05) is 23.4 Å². The van der Waals surface area contributed by atoms with Crippen molar-refractivity contribution in [1.29, 1.82) is 0 Å². The number of carbonyl (C=O) groups excluding carboxylic acids is 2. The monoisotopic (exact) mass is 388 g/mol. The van der Waals surface area contributed by atoms with Crippen molar-refractivity contribution in [2.75, 3.05) is 19.0 Å². The normalized spacial score (nSPS) is 10.3. The molecule has 3 aromatic rings. The van der Waals surface area contributed by atoms with Crippen molar-refractivity contribution >= 4 is 17.5 Å². The summed E-state index contributed by atoms with van der Waals surface area (Å²) in [4.78, 5) is 24.7. The van der Waals surface area contributed by atoms with Crippen LogP contribution in [0.1, 0.15) is 31.8 Å². The SMILES string of the molecule is COc1cccc(CCNC(=O)c2ccc(C(=O)Nc3ccccc3C)cc2)c1. The van der Waals surface area contributed by atoms with Crippen molar-refractivity contribution in [3.63, 3.8) is 0 Å². The number of aryl methyl sites for hydroxylation is 1. The molecule has 2 N–H and O–H groups in total. The van der Waals surface area contributed by atoms with E-state index in [1.807, 2.05) is 55.5 Å². The molecule has 0 aliphatic carbocycles. The molecule has 0 saturated carbocycles. The Hall–Kier alpha value is -3.60. The standard InChI is InChI=1S/C24H24N2O3/c1-17-6-3-4-9-22(17)26-24(28)20-12-10-19(11-13-20)23(27)25-15-14-18-7-5-8-21(16-18)29-2/h3-13,16H,14-15H2,1-2H3,(H,25,27)(H,26,28). The van der Waals surface area contributed by atoms with E-state index < -0.39 is 0 Å². The molecule has 3 aromatic carbocycles. The van der Waals surface area contributed by atoms with Crippen LogP contribution < -0.4 is 15.4 Å². The van der Waals surface area contributed by atoms with Crippen LogP contribution in [0.25, 0.3) is 0 Å². The van der Waals surface area contributed by atoms with Crippen molar-refractivity contribution in [3.8, 4) is 5.75 Å². The van der Waals surface area contributed by atoms with Gasteiger partial charge in [-0.1, -0.05) is 30.3 Å². The lowest BCUT2D eigenvalue weighted by Gasteiger charge is -2.09. The average Bonchev–Trinajstić information content (AvgIpc) is 2.75. The minimum atomic E-state index is -0.204. The predicted molar refractivity (Wildman–Crippen MR) is 115 cm³/mol. The van der Waals surface area contributed by atoms with Crippen LogP contribution in [-0.2, 0) is 6.42 Å². The van der Waals surface area contributed by atoms with E-state index in [9.17, 15) is 9.59 Å². The Balaban J connectivity index is 1.54. The fraction of sp³-hybridized carbons (Fsp3) is 0.167. The highest BCUT2D eigenvalue weighted by Crippen LogP contribution is 2.15. The molecular formula is C24H24N2O3. The third kappa shape index (κ3) is 5.45. The van der Waals surface area contributed by atoms with E-state index in [1.54, 1.807) is 31.4 Å². The highest BCUT2D eigenvalue weighted by molar-refractivity contribution is 6.05. The third-order valence-electron chi connectivity index (χ3n) is 4.64. The summed E-state index contributed by atoms with van der Waals surface area (Å²) >= 11 is 0. The first-order valence-corrected chi connectivity index (χ1v) is 9.45. The molecule has 0 radical (unpaired) electrons. The van der Waals surface area contributed by atoms with Gasteiger partial charge >= 0.3 is 0 Å². The van der Waals surface area contributed by atoms with Gasteiger partial charge in [-0.3, -0.25) is 9.59 Å². The number of amides is 2. The molecule has 0 aromatic heterocycles. The van der Waals surface area contributed by atoms with Gasteiger partial charge in [0.25, 0.3) is 11.8 Å². The first kappa shape index (κ1) is 20.1. The fourth-order valence-corrected chi connectivity index (χ4v) is 2.93. The zero-order chi connectivity index (χ0) is 20.6. The molecule has 5 heteroatoms. The number of hydrogen-bond donors (Lipinski definition) is 2. The maximum absolute atomic E-state index is 12.4. The minimum absolute atomic E-state index is 0.168. The van der Waals surface area contributed by atoms with Gasteiger partial charge in [0.1, 0.15) is 5.75 Å². The van der Waals surface area contributed by atoms with E-state index in [0.29, 0.717) is 24.1 Å². The molecule has 0 heterocycles. The van der Waals surface area contributed by atoms with Crippen LogP contribution >= 0.6 is 0 Å². The lowest BCUT2D eigenvalue weighted by molar-refractivity contribution is 0.0952. The van der Waals surface area contributed by atoms with Gasteiger partial charge in [0.05, 0.1) is 7.11 Å². The average molecular weight is 388 g/mol. The van der Waals surface area contributed by atoms with E-state index in [0.717, 1.165) is 22.6 Å². The topological polar surface area (TPSA) is 67.4 Å². The summed E-state index contributed by atoms with van der Waals surface area (Å²) in [6.45, 7) is 2.45. The molecule has 0 bridgehead atoms. The van der Waals surface area contributed by atoms with Crippen LogP contribution in [0.5, 0.6) is 5.75 Å². The third-order valence-corrected chi connectivity index (χ3v) is 4.64. The molecule has 3 rings (SSSR count). The van der Waals surface area contributed by atoms with Crippen molar-refractivity contribution < 1.29 is 14.3 Å². The Kier molecular flexibility index (Phi) is 6.63. The van der Waals surface area contributed by atoms with E-state index in [2.05, 4.69) is 10.6 Å². The molecule has 0 unspecified atom stereocenters. The van der Waals surface area contributed by atoms with Crippen molar-refractivity contribution in [2.45, 2.75) is 13.3 Å². The summed E-state index contributed by atoms with van der Waals surface area (Å²) in [6.07, 6.45) is 0.708. The van der Waals surface area contributed by atoms with Gasteiger partial charge in [-0.15, -0.1) is 0 Å². The second kappa shape index (κ2) is 9.55. The first-order chi connectivity index (χ1) is 14.1. The summed E-state index contributed by atoms with van der Waals surface area (Å²) in [5, 5.41) is 5.79. The molecule has 0 atom stereocenters. The van der Waals surface area contributed by atoms with Gasteiger partial charge in [-0.2, -0.15) is 0 Å². The van der Waals surface area contributed by atoms with Crippen LogP contribution in [0.3, 0.4) is 0 Å². The molecule has 148 valence electrons. The Labute approximate surface area is 170 Å². The van der Waals surface area contributed by atoms with E-state index >= 15 is 0 Å². The highest BCUT2D eigenvalue weighted by Gasteiger charge is 2.10. The largest absolute Gasteiger partial charge is 0.497 e. The highest BCUT2D eigenvalue weighted by atomic mass is 16.5. The van der Waals surface area contributed by atoms with Crippen molar-refractivity contribution in [1.82, 2.24) is 5.32 Å². The number of ether oxygens (including phenoxy) is 1. The van der Waals surface area contributed by atoms with Crippen LogP contribution in [-0.4, -0.2) is 25.5 Å². The van der Waals surface area contributed by atoms with Gasteiger partial charge in [0.15, 0.2) is 0 Å². The molecule has 0 aliphatic rings. The number of carbonyl (C=O) groups is 2. The second-order valence-corrected chi connectivity index (χ2v) is 6.70. The van der Waals surface area contributed by atoms with Gasteiger partial charge in [-0.25, -0.2) is 0 Å². The quantitative estimate of drug-likeness (QED) is 0.637. The Morgan fingerprint density at radius 1 is 0.862 bits per heavy atom. The van der Waals surface area contributed by atoms with Crippen molar-refractivity contribution in [2.24, 2.45) is 0 Å². The van der Waals surface area contributed by atoms with E-state index in [4.69, 9.17) is 4.74 Å². The van der Waals surface area contributed by atoms with Crippen LogP contribution in [0.2, 0.25) is 0 Å². The lowest BCUT2D eigenvalue weighted by Crippen LogP contribution is -2.25. The van der Waals surface area contributed by atoms with E-state index in [-0.39, 0.29) is 11.8 Å². The van der Waals surface area contributed by atoms with Crippen LogP contribution in [0.15, 0.2) is 72.8 Å². The number of para-hydroxylation sites is 1. The number of nitrogens with one attached hydrogen (secondary N) is 2. The van der Waals surface area contributed by atoms with Gasteiger partial charge in [0.2, 0.25) is 0 Å². The second-order valence-electron chi connectivity index (χ2n) is 6.70. The zero-order valence-corrected chi connectivity index (χ0v) is 16.6. The number of hydrogen-bond acceptors (Lipinski definition) is 3. The predicted octanol–water partition coefficient (Wildman–Crippen LogP) is 4.23. The Morgan fingerprint density at radius 3 is 2.24 bits per heavy atom.